The average Bonchev–Trinajstić information content (AvgIpc) is 2.99. The lowest BCUT2D eigenvalue weighted by Gasteiger charge is -2.00. The minimum absolute atomic E-state index is 0.613. The van der Waals surface area contributed by atoms with Crippen molar-refractivity contribution in [3.8, 4) is 0 Å². The van der Waals surface area contributed by atoms with Gasteiger partial charge in [0.05, 0.1) is 6.54 Å². The van der Waals surface area contributed by atoms with E-state index in [0.29, 0.717) is 6.54 Å². The molecular formula is C19H30N3+. The van der Waals surface area contributed by atoms with Gasteiger partial charge in [0.1, 0.15) is 18.9 Å². The van der Waals surface area contributed by atoms with Crippen LogP contribution < -0.4 is 10.3 Å². The van der Waals surface area contributed by atoms with Crippen molar-refractivity contribution >= 4 is 0 Å². The Morgan fingerprint density at radius 1 is 0.955 bits per heavy atom. The Morgan fingerprint density at radius 3 is 2.36 bits per heavy atom. The SMILES string of the molecule is CCCCCCCCn1cc[n+](Cc2ccc(CN)cc2)c1. The van der Waals surface area contributed by atoms with Crippen LogP contribution >= 0.6 is 0 Å². The van der Waals surface area contributed by atoms with Crippen LogP contribution in [0.5, 0.6) is 0 Å². The Kier molecular flexibility index (Phi) is 7.17. The second kappa shape index (κ2) is 9.42. The van der Waals surface area contributed by atoms with E-state index >= 15 is 0 Å². The Morgan fingerprint density at radius 2 is 1.64 bits per heavy atom. The summed E-state index contributed by atoms with van der Waals surface area (Å²) in [7, 11) is 0. The molecule has 0 aliphatic carbocycles. The third-order valence-corrected chi connectivity index (χ3v) is 4.14. The molecule has 22 heavy (non-hydrogen) atoms. The van der Waals surface area contributed by atoms with Crippen molar-refractivity contribution in [2.24, 2.45) is 5.73 Å². The first-order chi connectivity index (χ1) is 10.8. The summed E-state index contributed by atoms with van der Waals surface area (Å²) in [5, 5.41) is 0. The van der Waals surface area contributed by atoms with Crippen LogP contribution in [0.2, 0.25) is 0 Å². The van der Waals surface area contributed by atoms with Gasteiger partial charge >= 0.3 is 0 Å². The molecule has 3 heteroatoms. The van der Waals surface area contributed by atoms with E-state index < -0.39 is 0 Å². The lowest BCUT2D eigenvalue weighted by Crippen LogP contribution is -2.31. The third kappa shape index (κ3) is 5.64. The predicted octanol–water partition coefficient (Wildman–Crippen LogP) is 3.64. The van der Waals surface area contributed by atoms with E-state index in [2.05, 4.69) is 59.0 Å². The fourth-order valence-corrected chi connectivity index (χ4v) is 2.73. The van der Waals surface area contributed by atoms with Crippen molar-refractivity contribution in [2.75, 3.05) is 0 Å². The Bertz CT molecular complexity index is 528. The molecule has 0 aliphatic heterocycles. The maximum absolute atomic E-state index is 5.63. The lowest BCUT2D eigenvalue weighted by atomic mass is 10.1. The zero-order valence-electron chi connectivity index (χ0n) is 13.9. The second-order valence-corrected chi connectivity index (χ2v) is 6.11. The molecule has 0 radical (unpaired) electrons. The molecule has 120 valence electrons. The number of rotatable bonds is 10. The highest BCUT2D eigenvalue weighted by Gasteiger charge is 2.04. The van der Waals surface area contributed by atoms with Crippen molar-refractivity contribution in [1.82, 2.24) is 4.57 Å². The fourth-order valence-electron chi connectivity index (χ4n) is 2.73. The highest BCUT2D eigenvalue weighted by atomic mass is 15.1. The average molecular weight is 300 g/mol. The Labute approximate surface area is 134 Å². The van der Waals surface area contributed by atoms with Gasteiger partial charge in [-0.3, -0.25) is 0 Å². The number of hydrogen-bond donors (Lipinski definition) is 1. The standard InChI is InChI=1S/C19H30N3/c1-2-3-4-5-6-7-12-21-13-14-22(17-21)16-19-10-8-18(15-20)9-11-19/h8-11,13-14,17H,2-7,12,15-16,20H2,1H3/q+1. The van der Waals surface area contributed by atoms with Gasteiger partial charge in [-0.1, -0.05) is 56.9 Å². The van der Waals surface area contributed by atoms with Crippen LogP contribution in [0.1, 0.15) is 56.6 Å². The highest BCUT2D eigenvalue weighted by molar-refractivity contribution is 5.21. The van der Waals surface area contributed by atoms with E-state index in [0.717, 1.165) is 13.1 Å². The summed E-state index contributed by atoms with van der Waals surface area (Å²) in [5.74, 6) is 0. The number of benzene rings is 1. The molecule has 0 saturated heterocycles. The molecule has 0 atom stereocenters. The van der Waals surface area contributed by atoms with Crippen molar-refractivity contribution in [3.63, 3.8) is 0 Å². The first kappa shape index (κ1) is 16.8. The molecule has 1 heterocycles. The van der Waals surface area contributed by atoms with E-state index in [1.165, 1.54) is 49.7 Å². The molecule has 0 saturated carbocycles. The molecule has 0 aliphatic rings. The number of hydrogen-bond acceptors (Lipinski definition) is 1. The monoisotopic (exact) mass is 300 g/mol. The maximum Gasteiger partial charge on any atom is 0.244 e. The number of aromatic nitrogens is 2. The Hall–Kier alpha value is -1.61. The molecule has 0 spiro atoms. The summed E-state index contributed by atoms with van der Waals surface area (Å²) in [6.07, 6.45) is 14.7. The van der Waals surface area contributed by atoms with Gasteiger partial charge in [-0.25, -0.2) is 9.13 Å². The van der Waals surface area contributed by atoms with Crippen molar-refractivity contribution in [1.29, 1.82) is 0 Å². The van der Waals surface area contributed by atoms with Gasteiger partial charge in [-0.2, -0.15) is 0 Å². The smallest absolute Gasteiger partial charge is 0.244 e. The summed E-state index contributed by atoms with van der Waals surface area (Å²) in [4.78, 5) is 0. The van der Waals surface area contributed by atoms with Crippen LogP contribution in [0.25, 0.3) is 0 Å². The van der Waals surface area contributed by atoms with E-state index in [9.17, 15) is 0 Å². The molecule has 1 aromatic heterocycles. The van der Waals surface area contributed by atoms with Crippen molar-refractivity contribution in [2.45, 2.75) is 65.1 Å². The van der Waals surface area contributed by atoms with E-state index in [-0.39, 0.29) is 0 Å². The highest BCUT2D eigenvalue weighted by Crippen LogP contribution is 2.06. The first-order valence-electron chi connectivity index (χ1n) is 8.64. The lowest BCUT2D eigenvalue weighted by molar-refractivity contribution is -0.687. The number of nitrogens with zero attached hydrogens (tertiary/aromatic N) is 2. The number of unbranched alkanes of at least 4 members (excludes halogenated alkanes) is 5. The van der Waals surface area contributed by atoms with Crippen LogP contribution in [0.3, 0.4) is 0 Å². The van der Waals surface area contributed by atoms with Gasteiger partial charge in [0.15, 0.2) is 0 Å². The van der Waals surface area contributed by atoms with Gasteiger partial charge in [0.25, 0.3) is 0 Å². The van der Waals surface area contributed by atoms with Gasteiger partial charge in [0, 0.05) is 6.54 Å². The molecule has 0 bridgehead atoms. The molecule has 2 N–H and O–H groups in total. The van der Waals surface area contributed by atoms with Gasteiger partial charge in [-0.15, -0.1) is 0 Å². The quantitative estimate of drug-likeness (QED) is 0.527. The van der Waals surface area contributed by atoms with E-state index in [4.69, 9.17) is 5.73 Å². The molecule has 0 fully saturated rings. The second-order valence-electron chi connectivity index (χ2n) is 6.11. The van der Waals surface area contributed by atoms with E-state index in [1.807, 2.05) is 0 Å². The summed E-state index contributed by atoms with van der Waals surface area (Å²) in [6, 6.07) is 8.56. The number of imidazole rings is 1. The molecule has 0 amide bonds. The summed E-state index contributed by atoms with van der Waals surface area (Å²) in [6.45, 7) is 4.93. The zero-order chi connectivity index (χ0) is 15.6. The predicted molar refractivity (Wildman–Crippen MR) is 91.4 cm³/mol. The molecule has 2 aromatic rings. The van der Waals surface area contributed by atoms with Crippen molar-refractivity contribution < 1.29 is 4.57 Å². The molecular weight excluding hydrogens is 270 g/mol. The third-order valence-electron chi connectivity index (χ3n) is 4.14. The molecule has 1 aromatic carbocycles. The van der Waals surface area contributed by atoms with Crippen molar-refractivity contribution in [3.05, 3.63) is 54.1 Å². The van der Waals surface area contributed by atoms with E-state index in [1.54, 1.807) is 0 Å². The number of nitrogens with two attached hydrogens (primary N) is 1. The minimum Gasteiger partial charge on any atom is -0.326 e. The van der Waals surface area contributed by atoms with Crippen LogP contribution in [0.4, 0.5) is 0 Å². The minimum atomic E-state index is 0.613. The largest absolute Gasteiger partial charge is 0.326 e. The number of aryl methyl sites for hydroxylation is 1. The Balaban J connectivity index is 1.73. The summed E-state index contributed by atoms with van der Waals surface area (Å²) in [5.41, 5.74) is 8.14. The fraction of sp³-hybridized carbons (Fsp3) is 0.526. The van der Waals surface area contributed by atoms with Crippen LogP contribution in [-0.4, -0.2) is 4.57 Å². The van der Waals surface area contributed by atoms with Gasteiger partial charge in [0.2, 0.25) is 6.33 Å². The summed E-state index contributed by atoms with van der Waals surface area (Å²) < 4.78 is 4.54. The molecule has 3 nitrogen and oxygen atoms in total. The topological polar surface area (TPSA) is 34.8 Å². The van der Waals surface area contributed by atoms with Gasteiger partial charge < -0.3 is 5.73 Å². The molecule has 0 unspecified atom stereocenters. The first-order valence-corrected chi connectivity index (χ1v) is 8.64. The van der Waals surface area contributed by atoms with Crippen LogP contribution in [-0.2, 0) is 19.6 Å². The van der Waals surface area contributed by atoms with Gasteiger partial charge in [-0.05, 0) is 24.0 Å². The van der Waals surface area contributed by atoms with Crippen LogP contribution in [0, 0.1) is 0 Å². The molecule has 2 rings (SSSR count). The zero-order valence-corrected chi connectivity index (χ0v) is 13.9. The normalized spacial score (nSPS) is 11.0. The van der Waals surface area contributed by atoms with Crippen LogP contribution in [0.15, 0.2) is 43.0 Å². The maximum atomic E-state index is 5.63. The summed E-state index contributed by atoms with van der Waals surface area (Å²) >= 11 is 0.